The van der Waals surface area contributed by atoms with Gasteiger partial charge in [-0.3, -0.25) is 25.2 Å². The van der Waals surface area contributed by atoms with Crippen molar-refractivity contribution in [1.29, 1.82) is 0 Å². The van der Waals surface area contributed by atoms with Gasteiger partial charge < -0.3 is 14.8 Å². The Bertz CT molecular complexity index is 906. The van der Waals surface area contributed by atoms with Crippen molar-refractivity contribution in [3.8, 4) is 11.5 Å². The molecule has 0 unspecified atom stereocenters. The van der Waals surface area contributed by atoms with Crippen LogP contribution in [0.2, 0.25) is 10.0 Å². The van der Waals surface area contributed by atoms with Crippen LogP contribution in [0.25, 0.3) is 0 Å². The molecule has 3 N–H and O–H groups in total. The van der Waals surface area contributed by atoms with Crippen LogP contribution in [0.5, 0.6) is 11.5 Å². The summed E-state index contributed by atoms with van der Waals surface area (Å²) in [6.07, 6.45) is -0.870. The van der Waals surface area contributed by atoms with E-state index in [4.69, 9.17) is 32.7 Å². The Morgan fingerprint density at radius 2 is 1.67 bits per heavy atom. The number of amides is 3. The highest BCUT2D eigenvalue weighted by atomic mass is 35.5. The van der Waals surface area contributed by atoms with Gasteiger partial charge in [-0.15, -0.1) is 0 Å². The Hall–Kier alpha value is -2.97. The first-order valence-corrected chi connectivity index (χ1v) is 9.77. The number of rotatable bonds is 8. The van der Waals surface area contributed by atoms with Crippen molar-refractivity contribution in [3.05, 3.63) is 58.1 Å². The molecule has 2 aromatic rings. The van der Waals surface area contributed by atoms with Gasteiger partial charge in [-0.1, -0.05) is 23.2 Å². The third kappa shape index (κ3) is 7.13. The van der Waals surface area contributed by atoms with Crippen molar-refractivity contribution in [1.82, 2.24) is 16.2 Å². The molecular formula is C20H21Cl2N3O5. The Balaban J connectivity index is 1.75. The Labute approximate surface area is 183 Å². The number of hydrogen-bond acceptors (Lipinski definition) is 5. The molecule has 8 nitrogen and oxygen atoms in total. The summed E-state index contributed by atoms with van der Waals surface area (Å²) in [5.41, 5.74) is 4.61. The van der Waals surface area contributed by atoms with Gasteiger partial charge in [0.1, 0.15) is 11.5 Å². The van der Waals surface area contributed by atoms with Crippen molar-refractivity contribution in [2.24, 2.45) is 0 Å². The summed E-state index contributed by atoms with van der Waals surface area (Å²) in [7, 11) is 0. The van der Waals surface area contributed by atoms with Crippen molar-refractivity contribution in [3.63, 3.8) is 0 Å². The lowest BCUT2D eigenvalue weighted by atomic mass is 10.2. The summed E-state index contributed by atoms with van der Waals surface area (Å²) >= 11 is 11.7. The summed E-state index contributed by atoms with van der Waals surface area (Å²) in [6.45, 7) is 3.59. The zero-order chi connectivity index (χ0) is 22.1. The average Bonchev–Trinajstić information content (AvgIpc) is 2.71. The first kappa shape index (κ1) is 23.3. The summed E-state index contributed by atoms with van der Waals surface area (Å²) < 4.78 is 10.8. The van der Waals surface area contributed by atoms with E-state index in [0.29, 0.717) is 23.1 Å². The lowest BCUT2D eigenvalue weighted by molar-refractivity contribution is -0.132. The third-order valence-corrected chi connectivity index (χ3v) is 4.28. The fraction of sp³-hybridized carbons (Fsp3) is 0.250. The molecule has 0 saturated heterocycles. The second-order valence-electron chi connectivity index (χ2n) is 6.01. The van der Waals surface area contributed by atoms with Gasteiger partial charge in [-0.05, 0) is 56.3 Å². The Kier molecular flexibility index (Phi) is 8.76. The molecule has 0 bridgehead atoms. The normalized spacial score (nSPS) is 11.2. The van der Waals surface area contributed by atoms with E-state index >= 15 is 0 Å². The molecule has 2 rings (SSSR count). The second kappa shape index (κ2) is 11.3. The fourth-order valence-corrected chi connectivity index (χ4v) is 2.74. The summed E-state index contributed by atoms with van der Waals surface area (Å²) in [5, 5.41) is 2.94. The molecule has 0 saturated carbocycles. The number of nitrogens with one attached hydrogen (secondary N) is 3. The van der Waals surface area contributed by atoms with Crippen LogP contribution in [0, 0.1) is 0 Å². The molecule has 0 aliphatic rings. The average molecular weight is 454 g/mol. The van der Waals surface area contributed by atoms with Crippen LogP contribution >= 0.6 is 23.2 Å². The van der Waals surface area contributed by atoms with E-state index in [9.17, 15) is 14.4 Å². The van der Waals surface area contributed by atoms with Gasteiger partial charge in [0.15, 0.2) is 6.10 Å². The van der Waals surface area contributed by atoms with Gasteiger partial charge in [0.25, 0.3) is 17.7 Å². The minimum Gasteiger partial charge on any atom is -0.494 e. The van der Waals surface area contributed by atoms with Crippen LogP contribution in [0.15, 0.2) is 42.5 Å². The number of carbonyl (C=O) groups excluding carboxylic acids is 3. The molecule has 0 fully saturated rings. The first-order chi connectivity index (χ1) is 14.3. The maximum Gasteiger partial charge on any atom is 0.279 e. The van der Waals surface area contributed by atoms with E-state index in [2.05, 4.69) is 16.2 Å². The second-order valence-corrected chi connectivity index (χ2v) is 6.85. The number of ether oxygens (including phenoxy) is 2. The molecule has 30 heavy (non-hydrogen) atoms. The van der Waals surface area contributed by atoms with Gasteiger partial charge in [0.05, 0.1) is 23.7 Å². The number of carbonyl (C=O) groups is 3. The van der Waals surface area contributed by atoms with Crippen molar-refractivity contribution < 1.29 is 23.9 Å². The highest BCUT2D eigenvalue weighted by molar-refractivity contribution is 6.36. The van der Waals surface area contributed by atoms with Gasteiger partial charge in [0.2, 0.25) is 0 Å². The quantitative estimate of drug-likeness (QED) is 0.532. The summed E-state index contributed by atoms with van der Waals surface area (Å²) in [5.74, 6) is -0.583. The predicted molar refractivity (Wildman–Crippen MR) is 113 cm³/mol. The monoisotopic (exact) mass is 453 g/mol. The lowest BCUT2D eigenvalue weighted by Crippen LogP contribution is -2.50. The van der Waals surface area contributed by atoms with Crippen molar-refractivity contribution in [2.45, 2.75) is 20.0 Å². The molecule has 1 atom stereocenters. The van der Waals surface area contributed by atoms with Crippen LogP contribution in [0.4, 0.5) is 0 Å². The maximum absolute atomic E-state index is 12.1. The van der Waals surface area contributed by atoms with Crippen LogP contribution in [0.1, 0.15) is 24.2 Å². The molecular weight excluding hydrogens is 433 g/mol. The molecule has 0 aliphatic heterocycles. The number of hydrogen-bond donors (Lipinski definition) is 3. The smallest absolute Gasteiger partial charge is 0.279 e. The summed E-state index contributed by atoms with van der Waals surface area (Å²) in [4.78, 5) is 36.0. The van der Waals surface area contributed by atoms with Crippen LogP contribution < -0.4 is 25.6 Å². The van der Waals surface area contributed by atoms with E-state index in [1.54, 1.807) is 24.3 Å². The Morgan fingerprint density at radius 1 is 1.00 bits per heavy atom. The summed E-state index contributed by atoms with van der Waals surface area (Å²) in [6, 6.07) is 11.2. The molecule has 0 heterocycles. The number of halogens is 2. The first-order valence-electron chi connectivity index (χ1n) is 9.01. The molecule has 0 aliphatic carbocycles. The van der Waals surface area contributed by atoms with E-state index in [1.807, 2.05) is 6.92 Å². The highest BCUT2D eigenvalue weighted by Crippen LogP contribution is 2.21. The largest absolute Gasteiger partial charge is 0.494 e. The van der Waals surface area contributed by atoms with E-state index in [-0.39, 0.29) is 17.1 Å². The predicted octanol–water partition coefficient (Wildman–Crippen LogP) is 2.74. The van der Waals surface area contributed by atoms with Gasteiger partial charge >= 0.3 is 0 Å². The van der Waals surface area contributed by atoms with Crippen LogP contribution in [-0.2, 0) is 9.59 Å². The van der Waals surface area contributed by atoms with E-state index in [1.165, 1.54) is 25.1 Å². The van der Waals surface area contributed by atoms with E-state index < -0.39 is 23.8 Å². The molecule has 160 valence electrons. The van der Waals surface area contributed by atoms with Crippen molar-refractivity contribution >= 4 is 40.9 Å². The lowest BCUT2D eigenvalue weighted by Gasteiger charge is -2.15. The Morgan fingerprint density at radius 3 is 2.30 bits per heavy atom. The standard InChI is InChI=1S/C20H21Cl2N3O5/c1-3-29-14-5-7-15(8-6-14)30-12(2)19(27)25-24-18(26)11-23-20(28)16-9-4-13(21)10-17(16)22/h4-10,12H,3,11H2,1-2H3,(H,23,28)(H,24,26)(H,25,27)/t12-/m1/s1. The molecule has 0 radical (unpaired) electrons. The number of hydrazine groups is 1. The fourth-order valence-electron chi connectivity index (χ4n) is 2.25. The van der Waals surface area contributed by atoms with Crippen LogP contribution in [0.3, 0.4) is 0 Å². The number of benzene rings is 2. The topological polar surface area (TPSA) is 106 Å². The SMILES string of the molecule is CCOc1ccc(O[C@H](C)C(=O)NNC(=O)CNC(=O)c2ccc(Cl)cc2Cl)cc1. The maximum atomic E-state index is 12.1. The molecule has 0 spiro atoms. The highest BCUT2D eigenvalue weighted by Gasteiger charge is 2.16. The van der Waals surface area contributed by atoms with Gasteiger partial charge in [-0.25, -0.2) is 0 Å². The molecule has 2 aromatic carbocycles. The third-order valence-electron chi connectivity index (χ3n) is 3.73. The zero-order valence-electron chi connectivity index (χ0n) is 16.3. The zero-order valence-corrected chi connectivity index (χ0v) is 17.8. The van der Waals surface area contributed by atoms with Gasteiger partial charge in [0, 0.05) is 5.02 Å². The molecule has 3 amide bonds. The van der Waals surface area contributed by atoms with E-state index in [0.717, 1.165) is 0 Å². The van der Waals surface area contributed by atoms with Crippen molar-refractivity contribution in [2.75, 3.05) is 13.2 Å². The minimum absolute atomic E-state index is 0.161. The van der Waals surface area contributed by atoms with Crippen LogP contribution in [-0.4, -0.2) is 37.0 Å². The minimum atomic E-state index is -0.870. The molecule has 0 aromatic heterocycles. The molecule has 10 heteroatoms. The van der Waals surface area contributed by atoms with Gasteiger partial charge in [-0.2, -0.15) is 0 Å².